The van der Waals surface area contributed by atoms with Gasteiger partial charge in [0.2, 0.25) is 0 Å². The van der Waals surface area contributed by atoms with Crippen LogP contribution >= 0.6 is 0 Å². The quantitative estimate of drug-likeness (QED) is 0.643. The van der Waals surface area contributed by atoms with E-state index in [0.29, 0.717) is 5.92 Å². The molecule has 0 aromatic rings. The number of ether oxygens (including phenoxy) is 1. The maximum atomic E-state index is 5.66. The summed E-state index contributed by atoms with van der Waals surface area (Å²) < 4.78 is 5.66. The summed E-state index contributed by atoms with van der Waals surface area (Å²) in [5.74, 6) is 0.657. The summed E-state index contributed by atoms with van der Waals surface area (Å²) in [5.41, 5.74) is 0. The fourth-order valence-electron chi connectivity index (χ4n) is 3.17. The predicted molar refractivity (Wildman–Crippen MR) is 92.9 cm³/mol. The van der Waals surface area contributed by atoms with Crippen LogP contribution in [0.5, 0.6) is 0 Å². The molecule has 2 heteroatoms. The Kier molecular flexibility index (Phi) is 12.3. The van der Waals surface area contributed by atoms with Crippen molar-refractivity contribution in [3.8, 4) is 0 Å². The van der Waals surface area contributed by atoms with Crippen molar-refractivity contribution in [2.24, 2.45) is 5.92 Å². The summed E-state index contributed by atoms with van der Waals surface area (Å²) in [4.78, 5) is 0. The van der Waals surface area contributed by atoms with Crippen LogP contribution in [0.1, 0.15) is 90.9 Å². The maximum Gasteiger partial charge on any atom is 0.0489 e. The van der Waals surface area contributed by atoms with Crippen LogP contribution in [0, 0.1) is 5.92 Å². The fourth-order valence-corrected chi connectivity index (χ4v) is 3.17. The first-order chi connectivity index (χ1) is 10.3. The van der Waals surface area contributed by atoms with Crippen LogP contribution in [0.15, 0.2) is 0 Å². The number of rotatable bonds is 7. The third-order valence-corrected chi connectivity index (χ3v) is 4.45. The molecule has 0 atom stereocenters. The smallest absolute Gasteiger partial charge is 0.0489 e. The lowest BCUT2D eigenvalue weighted by Crippen LogP contribution is -2.30. The molecule has 0 spiro atoms. The maximum absolute atomic E-state index is 5.66. The van der Waals surface area contributed by atoms with Gasteiger partial charge in [0.1, 0.15) is 0 Å². The number of hydrogen-bond donors (Lipinski definition) is 1. The van der Waals surface area contributed by atoms with Crippen molar-refractivity contribution in [2.45, 2.75) is 96.9 Å². The van der Waals surface area contributed by atoms with Crippen LogP contribution in [-0.2, 0) is 4.74 Å². The lowest BCUT2D eigenvalue weighted by molar-refractivity contribution is 0.107. The zero-order valence-corrected chi connectivity index (χ0v) is 14.7. The molecule has 1 aliphatic rings. The van der Waals surface area contributed by atoms with Gasteiger partial charge in [-0.3, -0.25) is 0 Å². The van der Waals surface area contributed by atoms with E-state index in [1.165, 1.54) is 70.6 Å². The highest BCUT2D eigenvalue weighted by atomic mass is 16.5. The highest BCUT2D eigenvalue weighted by molar-refractivity contribution is 4.68. The molecule has 0 heterocycles. The number of nitrogens with one attached hydrogen (secondary N) is 1. The van der Waals surface area contributed by atoms with E-state index in [1.807, 2.05) is 0 Å². The van der Waals surface area contributed by atoms with Crippen LogP contribution in [0.3, 0.4) is 0 Å². The Bertz CT molecular complexity index is 206. The third-order valence-electron chi connectivity index (χ3n) is 4.45. The van der Waals surface area contributed by atoms with Crippen molar-refractivity contribution in [2.75, 3.05) is 19.8 Å². The molecular weight excluding hydrogens is 258 g/mol. The molecule has 1 aliphatic carbocycles. The molecule has 0 radical (unpaired) electrons. The second kappa shape index (κ2) is 13.6. The van der Waals surface area contributed by atoms with E-state index in [4.69, 9.17) is 4.74 Å². The average molecular weight is 298 g/mol. The highest BCUT2D eigenvalue weighted by Gasteiger charge is 2.08. The monoisotopic (exact) mass is 297 g/mol. The summed E-state index contributed by atoms with van der Waals surface area (Å²) in [6.07, 6.45) is 16.9. The van der Waals surface area contributed by atoms with Crippen molar-refractivity contribution in [3.05, 3.63) is 0 Å². The Morgan fingerprint density at radius 2 is 1.38 bits per heavy atom. The standard InChI is InChI=1S/C19H39NO/c1-18(2)17-21-16-12-15-20-19-13-10-8-6-4-3-5-7-9-11-14-19/h18-20H,3-17H2,1-2H3. The third kappa shape index (κ3) is 12.2. The summed E-state index contributed by atoms with van der Waals surface area (Å²) in [6.45, 7) is 7.37. The minimum Gasteiger partial charge on any atom is -0.381 e. The van der Waals surface area contributed by atoms with E-state index < -0.39 is 0 Å². The largest absolute Gasteiger partial charge is 0.381 e. The zero-order chi connectivity index (χ0) is 15.2. The zero-order valence-electron chi connectivity index (χ0n) is 14.7. The molecule has 0 aromatic heterocycles. The molecular formula is C19H39NO. The van der Waals surface area contributed by atoms with Crippen molar-refractivity contribution in [1.29, 1.82) is 0 Å². The van der Waals surface area contributed by atoms with Crippen LogP contribution in [-0.4, -0.2) is 25.8 Å². The van der Waals surface area contributed by atoms with Gasteiger partial charge < -0.3 is 10.1 Å². The molecule has 0 unspecified atom stereocenters. The second-order valence-corrected chi connectivity index (χ2v) is 7.23. The molecule has 2 nitrogen and oxygen atoms in total. The molecule has 21 heavy (non-hydrogen) atoms. The Labute approximate surface area is 133 Å². The van der Waals surface area contributed by atoms with Gasteiger partial charge >= 0.3 is 0 Å². The van der Waals surface area contributed by atoms with Crippen molar-refractivity contribution >= 4 is 0 Å². The van der Waals surface area contributed by atoms with Gasteiger partial charge in [-0.1, -0.05) is 71.6 Å². The van der Waals surface area contributed by atoms with Crippen LogP contribution in [0.25, 0.3) is 0 Å². The van der Waals surface area contributed by atoms with Gasteiger partial charge in [-0.2, -0.15) is 0 Å². The van der Waals surface area contributed by atoms with Gasteiger partial charge in [-0.25, -0.2) is 0 Å². The molecule has 0 amide bonds. The first-order valence-electron chi connectivity index (χ1n) is 9.60. The molecule has 1 saturated carbocycles. The predicted octanol–water partition coefficient (Wildman–Crippen LogP) is 5.31. The van der Waals surface area contributed by atoms with E-state index in [-0.39, 0.29) is 0 Å². The molecule has 0 saturated heterocycles. The van der Waals surface area contributed by atoms with E-state index in [0.717, 1.165) is 32.2 Å². The van der Waals surface area contributed by atoms with Crippen molar-refractivity contribution in [3.63, 3.8) is 0 Å². The van der Waals surface area contributed by atoms with E-state index in [1.54, 1.807) is 0 Å². The summed E-state index contributed by atoms with van der Waals surface area (Å²) >= 11 is 0. The van der Waals surface area contributed by atoms with Crippen LogP contribution < -0.4 is 5.32 Å². The summed E-state index contributed by atoms with van der Waals surface area (Å²) in [7, 11) is 0. The number of hydrogen-bond acceptors (Lipinski definition) is 2. The topological polar surface area (TPSA) is 21.3 Å². The Morgan fingerprint density at radius 1 is 0.857 bits per heavy atom. The van der Waals surface area contributed by atoms with Gasteiger partial charge in [0.25, 0.3) is 0 Å². The molecule has 0 aromatic carbocycles. The Morgan fingerprint density at radius 3 is 1.90 bits per heavy atom. The first-order valence-corrected chi connectivity index (χ1v) is 9.60. The van der Waals surface area contributed by atoms with Gasteiger partial charge in [0.15, 0.2) is 0 Å². The summed E-state index contributed by atoms with van der Waals surface area (Å²) in [6, 6.07) is 0.759. The molecule has 126 valence electrons. The Hall–Kier alpha value is -0.0800. The van der Waals surface area contributed by atoms with Crippen molar-refractivity contribution in [1.82, 2.24) is 5.32 Å². The van der Waals surface area contributed by atoms with Gasteiger partial charge in [0.05, 0.1) is 0 Å². The van der Waals surface area contributed by atoms with Gasteiger partial charge in [0, 0.05) is 19.3 Å². The average Bonchev–Trinajstić information content (AvgIpc) is 2.44. The molecule has 1 N–H and O–H groups in total. The van der Waals surface area contributed by atoms with Gasteiger partial charge in [-0.05, 0) is 31.7 Å². The van der Waals surface area contributed by atoms with E-state index in [9.17, 15) is 0 Å². The molecule has 0 bridgehead atoms. The fraction of sp³-hybridized carbons (Fsp3) is 1.00. The van der Waals surface area contributed by atoms with Crippen LogP contribution in [0.2, 0.25) is 0 Å². The Balaban J connectivity index is 2.07. The van der Waals surface area contributed by atoms with Crippen LogP contribution in [0.4, 0.5) is 0 Å². The minimum atomic E-state index is 0.657. The highest BCUT2D eigenvalue weighted by Crippen LogP contribution is 2.16. The molecule has 0 aliphatic heterocycles. The lowest BCUT2D eigenvalue weighted by Gasteiger charge is -2.19. The van der Waals surface area contributed by atoms with E-state index >= 15 is 0 Å². The molecule has 1 fully saturated rings. The minimum absolute atomic E-state index is 0.657. The van der Waals surface area contributed by atoms with E-state index in [2.05, 4.69) is 19.2 Å². The first kappa shape index (κ1) is 19.0. The van der Waals surface area contributed by atoms with Crippen molar-refractivity contribution < 1.29 is 4.74 Å². The second-order valence-electron chi connectivity index (χ2n) is 7.23. The normalized spacial score (nSPS) is 20.1. The summed E-state index contributed by atoms with van der Waals surface area (Å²) in [5, 5.41) is 3.78. The lowest BCUT2D eigenvalue weighted by atomic mass is 9.98. The SMILES string of the molecule is CC(C)COCCCNC1CCCCCCCCCCC1. The van der Waals surface area contributed by atoms with Gasteiger partial charge in [-0.15, -0.1) is 0 Å². The molecule has 1 rings (SSSR count).